The quantitative estimate of drug-likeness (QED) is 0.923. The molecule has 1 N–H and O–H groups in total. The molecule has 0 aliphatic carbocycles. The van der Waals surface area contributed by atoms with E-state index in [0.29, 0.717) is 12.5 Å². The van der Waals surface area contributed by atoms with Crippen molar-refractivity contribution in [1.29, 1.82) is 0 Å². The Kier molecular flexibility index (Phi) is 5.43. The Labute approximate surface area is 138 Å². The second kappa shape index (κ2) is 7.12. The van der Waals surface area contributed by atoms with E-state index in [1.165, 1.54) is 10.8 Å². The zero-order valence-corrected chi connectivity index (χ0v) is 13.9. The number of carbonyl (C=O) groups is 1. The van der Waals surface area contributed by atoms with E-state index in [2.05, 4.69) is 43.4 Å². The summed E-state index contributed by atoms with van der Waals surface area (Å²) in [6.45, 7) is 5.95. The van der Waals surface area contributed by atoms with Gasteiger partial charge < -0.3 is 10.2 Å². The molecule has 1 aliphatic heterocycles. The van der Waals surface area contributed by atoms with E-state index in [1.54, 1.807) is 0 Å². The van der Waals surface area contributed by atoms with Gasteiger partial charge in [-0.1, -0.05) is 42.5 Å². The zero-order chi connectivity index (χ0) is 14.8. The molecule has 3 nitrogen and oxygen atoms in total. The van der Waals surface area contributed by atoms with Crippen LogP contribution in [-0.2, 0) is 11.2 Å². The van der Waals surface area contributed by atoms with Crippen LogP contribution in [0.5, 0.6) is 0 Å². The third-order valence-electron chi connectivity index (χ3n) is 4.58. The second-order valence-electron chi connectivity index (χ2n) is 5.89. The summed E-state index contributed by atoms with van der Waals surface area (Å²) in [5.74, 6) is 0.229. The second-order valence-corrected chi connectivity index (χ2v) is 5.89. The summed E-state index contributed by atoms with van der Waals surface area (Å²) < 4.78 is 0. The van der Waals surface area contributed by atoms with Crippen LogP contribution in [0.4, 0.5) is 0 Å². The summed E-state index contributed by atoms with van der Waals surface area (Å²) in [4.78, 5) is 14.7. The van der Waals surface area contributed by atoms with Gasteiger partial charge in [0.25, 0.3) is 0 Å². The summed E-state index contributed by atoms with van der Waals surface area (Å²) in [7, 11) is 0. The van der Waals surface area contributed by atoms with Crippen molar-refractivity contribution in [2.45, 2.75) is 32.4 Å². The molecule has 0 radical (unpaired) electrons. The summed E-state index contributed by atoms with van der Waals surface area (Å²) in [5, 5.41) is 5.80. The maximum atomic E-state index is 12.7. The van der Waals surface area contributed by atoms with E-state index in [9.17, 15) is 4.79 Å². The molecule has 0 spiro atoms. The van der Waals surface area contributed by atoms with Crippen LogP contribution >= 0.6 is 12.4 Å². The van der Waals surface area contributed by atoms with Crippen LogP contribution in [-0.4, -0.2) is 36.0 Å². The monoisotopic (exact) mass is 318 g/mol. The van der Waals surface area contributed by atoms with Crippen LogP contribution in [0.2, 0.25) is 0 Å². The Morgan fingerprint density at radius 3 is 2.73 bits per heavy atom. The fourth-order valence-electron chi connectivity index (χ4n) is 3.12. The standard InChI is InChI=1S/C18H22N2O.ClH/c1-13-14(2)20(11-10-19-13)18(21)12-16-8-5-7-15-6-3-4-9-17(15)16;/h3-9,13-14,19H,10-12H2,1-2H3;1H. The molecule has 0 aromatic heterocycles. The van der Waals surface area contributed by atoms with Crippen LogP contribution in [0.1, 0.15) is 19.4 Å². The number of rotatable bonds is 2. The predicted molar refractivity (Wildman–Crippen MR) is 93.5 cm³/mol. The molecule has 2 aromatic carbocycles. The average Bonchev–Trinajstić information content (AvgIpc) is 2.50. The van der Waals surface area contributed by atoms with E-state index in [4.69, 9.17) is 0 Å². The Bertz CT molecular complexity index is 653. The van der Waals surface area contributed by atoms with Gasteiger partial charge in [-0.15, -0.1) is 12.4 Å². The highest BCUT2D eigenvalue weighted by Crippen LogP contribution is 2.20. The fourth-order valence-corrected chi connectivity index (χ4v) is 3.12. The first kappa shape index (κ1) is 16.8. The number of amides is 1. The highest BCUT2D eigenvalue weighted by Gasteiger charge is 2.27. The topological polar surface area (TPSA) is 32.3 Å². The lowest BCUT2D eigenvalue weighted by Gasteiger charge is -2.38. The third kappa shape index (κ3) is 3.26. The lowest BCUT2D eigenvalue weighted by Crippen LogP contribution is -2.57. The first-order valence-electron chi connectivity index (χ1n) is 7.66. The molecule has 2 atom stereocenters. The molecule has 3 rings (SSSR count). The minimum atomic E-state index is 0. The molecule has 1 heterocycles. The number of halogens is 1. The molecule has 1 aliphatic rings. The molecular weight excluding hydrogens is 296 g/mol. The number of hydrogen-bond acceptors (Lipinski definition) is 2. The summed E-state index contributed by atoms with van der Waals surface area (Å²) >= 11 is 0. The van der Waals surface area contributed by atoms with Crippen LogP contribution < -0.4 is 5.32 Å². The van der Waals surface area contributed by atoms with Crippen molar-refractivity contribution in [3.63, 3.8) is 0 Å². The summed E-state index contributed by atoms with van der Waals surface area (Å²) in [6.07, 6.45) is 0.485. The lowest BCUT2D eigenvalue weighted by molar-refractivity contribution is -0.134. The number of carbonyl (C=O) groups excluding carboxylic acids is 1. The van der Waals surface area contributed by atoms with Gasteiger partial charge >= 0.3 is 0 Å². The summed E-state index contributed by atoms with van der Waals surface area (Å²) in [6, 6.07) is 15.1. The van der Waals surface area contributed by atoms with E-state index in [0.717, 1.165) is 18.7 Å². The van der Waals surface area contributed by atoms with Crippen molar-refractivity contribution >= 4 is 29.1 Å². The minimum Gasteiger partial charge on any atom is -0.337 e. The van der Waals surface area contributed by atoms with Gasteiger partial charge in [0, 0.05) is 25.2 Å². The smallest absolute Gasteiger partial charge is 0.227 e. The van der Waals surface area contributed by atoms with Crippen LogP contribution in [0, 0.1) is 0 Å². The molecule has 4 heteroatoms. The van der Waals surface area contributed by atoms with Crippen molar-refractivity contribution < 1.29 is 4.79 Å². The number of nitrogens with one attached hydrogen (secondary N) is 1. The molecule has 1 amide bonds. The molecule has 1 fully saturated rings. The number of nitrogens with zero attached hydrogens (tertiary/aromatic N) is 1. The normalized spacial score (nSPS) is 21.5. The van der Waals surface area contributed by atoms with Crippen LogP contribution in [0.25, 0.3) is 10.8 Å². The van der Waals surface area contributed by atoms with Crippen molar-refractivity contribution in [1.82, 2.24) is 10.2 Å². The van der Waals surface area contributed by atoms with Gasteiger partial charge in [0.1, 0.15) is 0 Å². The molecule has 0 saturated carbocycles. The maximum Gasteiger partial charge on any atom is 0.227 e. The molecule has 118 valence electrons. The van der Waals surface area contributed by atoms with Gasteiger partial charge in [-0.3, -0.25) is 4.79 Å². The lowest BCUT2D eigenvalue weighted by atomic mass is 10.0. The van der Waals surface area contributed by atoms with E-state index in [1.807, 2.05) is 23.1 Å². The first-order chi connectivity index (χ1) is 10.2. The average molecular weight is 319 g/mol. The van der Waals surface area contributed by atoms with Crippen LogP contribution in [0.3, 0.4) is 0 Å². The van der Waals surface area contributed by atoms with Gasteiger partial charge in [-0.25, -0.2) is 0 Å². The van der Waals surface area contributed by atoms with Gasteiger partial charge in [0.2, 0.25) is 5.91 Å². The zero-order valence-electron chi connectivity index (χ0n) is 13.1. The van der Waals surface area contributed by atoms with Crippen molar-refractivity contribution in [3.05, 3.63) is 48.0 Å². The largest absolute Gasteiger partial charge is 0.337 e. The van der Waals surface area contributed by atoms with Gasteiger partial charge in [0.15, 0.2) is 0 Å². The maximum absolute atomic E-state index is 12.7. The SMILES string of the molecule is CC1NCCN(C(=O)Cc2cccc3ccccc23)C1C.Cl. The number of piperazine rings is 1. The highest BCUT2D eigenvalue weighted by atomic mass is 35.5. The van der Waals surface area contributed by atoms with Crippen molar-refractivity contribution in [2.24, 2.45) is 0 Å². The van der Waals surface area contributed by atoms with E-state index in [-0.39, 0.29) is 24.4 Å². The number of benzene rings is 2. The Balaban J connectivity index is 0.00000176. The first-order valence-corrected chi connectivity index (χ1v) is 7.66. The number of hydrogen-bond donors (Lipinski definition) is 1. The fraction of sp³-hybridized carbons (Fsp3) is 0.389. The molecule has 1 saturated heterocycles. The molecule has 2 aromatic rings. The predicted octanol–water partition coefficient (Wildman–Crippen LogP) is 3.01. The minimum absolute atomic E-state index is 0. The molecule has 2 unspecified atom stereocenters. The van der Waals surface area contributed by atoms with E-state index >= 15 is 0 Å². The van der Waals surface area contributed by atoms with Gasteiger partial charge in [-0.05, 0) is 30.2 Å². The Morgan fingerprint density at radius 1 is 1.18 bits per heavy atom. The highest BCUT2D eigenvalue weighted by molar-refractivity contribution is 5.90. The van der Waals surface area contributed by atoms with Crippen LogP contribution in [0.15, 0.2) is 42.5 Å². The Morgan fingerprint density at radius 2 is 1.91 bits per heavy atom. The summed E-state index contributed by atoms with van der Waals surface area (Å²) in [5.41, 5.74) is 1.12. The van der Waals surface area contributed by atoms with Gasteiger partial charge in [0.05, 0.1) is 6.42 Å². The molecular formula is C18H23ClN2O. The molecule has 22 heavy (non-hydrogen) atoms. The molecule has 0 bridgehead atoms. The van der Waals surface area contributed by atoms with E-state index < -0.39 is 0 Å². The number of fused-ring (bicyclic) bond motifs is 1. The third-order valence-corrected chi connectivity index (χ3v) is 4.58. The van der Waals surface area contributed by atoms with Crippen molar-refractivity contribution in [3.8, 4) is 0 Å². The Hall–Kier alpha value is -1.58. The van der Waals surface area contributed by atoms with Crippen molar-refractivity contribution in [2.75, 3.05) is 13.1 Å². The van der Waals surface area contributed by atoms with Gasteiger partial charge in [-0.2, -0.15) is 0 Å².